The third kappa shape index (κ3) is 4.31. The second-order valence-corrected chi connectivity index (χ2v) is 7.06. The topological polar surface area (TPSA) is 62.1 Å². The summed E-state index contributed by atoms with van der Waals surface area (Å²) in [6, 6.07) is 29.1. The molecule has 0 atom stereocenters. The standard InChI is InChI=1S/C26H20N2O2/c1-18-4-2-3-5-25(18)21-8-11-23(12-9-21)28-26(29)17-30-24-13-10-20-7-6-19(16-27)14-22(20)15-24/h2-15H,17H2,1H3,(H,28,29). The van der Waals surface area contributed by atoms with Crippen LogP contribution in [-0.2, 0) is 4.79 Å². The molecule has 0 saturated carbocycles. The summed E-state index contributed by atoms with van der Waals surface area (Å²) in [5.41, 5.74) is 4.80. The van der Waals surface area contributed by atoms with Gasteiger partial charge in [0.15, 0.2) is 6.61 Å². The van der Waals surface area contributed by atoms with Crippen molar-refractivity contribution in [1.82, 2.24) is 0 Å². The van der Waals surface area contributed by atoms with E-state index in [1.54, 1.807) is 12.1 Å². The predicted octanol–water partition coefficient (Wildman–Crippen LogP) is 5.70. The molecule has 0 spiro atoms. The zero-order valence-corrected chi connectivity index (χ0v) is 16.6. The first-order valence-electron chi connectivity index (χ1n) is 9.65. The van der Waals surface area contributed by atoms with Crippen LogP contribution in [0.25, 0.3) is 21.9 Å². The molecule has 0 fully saturated rings. The maximum atomic E-state index is 12.3. The Morgan fingerprint density at radius 2 is 1.70 bits per heavy atom. The van der Waals surface area contributed by atoms with Crippen molar-refractivity contribution in [2.45, 2.75) is 6.92 Å². The largest absolute Gasteiger partial charge is 0.484 e. The molecule has 1 amide bonds. The van der Waals surface area contributed by atoms with Gasteiger partial charge in [-0.05, 0) is 70.8 Å². The Kier molecular flexibility index (Phi) is 5.45. The maximum absolute atomic E-state index is 12.3. The molecule has 4 heteroatoms. The minimum absolute atomic E-state index is 0.0943. The van der Waals surface area contributed by atoms with Gasteiger partial charge in [-0.25, -0.2) is 0 Å². The molecule has 0 aliphatic heterocycles. The van der Waals surface area contributed by atoms with Crippen LogP contribution in [0.5, 0.6) is 5.75 Å². The Labute approximate surface area is 175 Å². The predicted molar refractivity (Wildman–Crippen MR) is 119 cm³/mol. The van der Waals surface area contributed by atoms with Gasteiger partial charge in [-0.15, -0.1) is 0 Å². The second-order valence-electron chi connectivity index (χ2n) is 7.06. The lowest BCUT2D eigenvalue weighted by atomic mass is 10.0. The highest BCUT2D eigenvalue weighted by Gasteiger charge is 2.06. The summed E-state index contributed by atoms with van der Waals surface area (Å²) in [5.74, 6) is 0.354. The smallest absolute Gasteiger partial charge is 0.262 e. The van der Waals surface area contributed by atoms with Gasteiger partial charge in [0.25, 0.3) is 5.91 Å². The van der Waals surface area contributed by atoms with Crippen LogP contribution < -0.4 is 10.1 Å². The van der Waals surface area contributed by atoms with Crippen molar-refractivity contribution in [1.29, 1.82) is 5.26 Å². The van der Waals surface area contributed by atoms with Crippen molar-refractivity contribution in [3.8, 4) is 22.9 Å². The molecule has 0 saturated heterocycles. The number of nitriles is 1. The van der Waals surface area contributed by atoms with Gasteiger partial charge < -0.3 is 10.1 Å². The third-order valence-electron chi connectivity index (χ3n) is 4.94. The first-order chi connectivity index (χ1) is 14.6. The summed E-state index contributed by atoms with van der Waals surface area (Å²) < 4.78 is 5.64. The number of amides is 1. The highest BCUT2D eigenvalue weighted by atomic mass is 16.5. The molecule has 0 aliphatic carbocycles. The lowest BCUT2D eigenvalue weighted by Crippen LogP contribution is -2.20. The lowest BCUT2D eigenvalue weighted by molar-refractivity contribution is -0.118. The summed E-state index contributed by atoms with van der Waals surface area (Å²) in [4.78, 5) is 12.3. The molecular weight excluding hydrogens is 372 g/mol. The second kappa shape index (κ2) is 8.50. The monoisotopic (exact) mass is 392 g/mol. The molecule has 4 aromatic carbocycles. The number of aryl methyl sites for hydroxylation is 1. The maximum Gasteiger partial charge on any atom is 0.262 e. The van der Waals surface area contributed by atoms with Gasteiger partial charge in [0.1, 0.15) is 5.75 Å². The molecule has 30 heavy (non-hydrogen) atoms. The molecule has 4 nitrogen and oxygen atoms in total. The molecule has 4 rings (SSSR count). The Hall–Kier alpha value is -4.10. The highest BCUT2D eigenvalue weighted by Crippen LogP contribution is 2.25. The van der Waals surface area contributed by atoms with E-state index in [0.717, 1.165) is 22.0 Å². The number of benzene rings is 4. The molecule has 0 aliphatic rings. The van der Waals surface area contributed by atoms with Gasteiger partial charge >= 0.3 is 0 Å². The van der Waals surface area contributed by atoms with Gasteiger partial charge in [0.05, 0.1) is 11.6 Å². The minimum atomic E-state index is -0.232. The molecular formula is C26H20N2O2. The molecule has 0 heterocycles. The van der Waals surface area contributed by atoms with Crippen molar-refractivity contribution in [3.63, 3.8) is 0 Å². The van der Waals surface area contributed by atoms with E-state index in [1.807, 2.05) is 60.7 Å². The quantitative estimate of drug-likeness (QED) is 0.473. The van der Waals surface area contributed by atoms with E-state index in [2.05, 4.69) is 30.4 Å². The molecule has 1 N–H and O–H groups in total. The van der Waals surface area contributed by atoms with Crippen LogP contribution in [0.3, 0.4) is 0 Å². The van der Waals surface area contributed by atoms with Crippen LogP contribution in [-0.4, -0.2) is 12.5 Å². The Morgan fingerprint density at radius 1 is 0.933 bits per heavy atom. The molecule has 0 bridgehead atoms. The van der Waals surface area contributed by atoms with Gasteiger partial charge in [-0.1, -0.05) is 48.5 Å². The van der Waals surface area contributed by atoms with Crippen LogP contribution in [0.1, 0.15) is 11.1 Å². The minimum Gasteiger partial charge on any atom is -0.484 e. The zero-order valence-electron chi connectivity index (χ0n) is 16.6. The fraction of sp³-hybridized carbons (Fsp3) is 0.0769. The Morgan fingerprint density at radius 3 is 2.47 bits per heavy atom. The molecule has 146 valence electrons. The molecule has 0 unspecified atom stereocenters. The zero-order chi connectivity index (χ0) is 20.9. The number of fused-ring (bicyclic) bond motifs is 1. The van der Waals surface area contributed by atoms with Crippen molar-refractivity contribution >= 4 is 22.4 Å². The Balaban J connectivity index is 1.38. The van der Waals surface area contributed by atoms with Crippen LogP contribution in [0.15, 0.2) is 84.9 Å². The van der Waals surface area contributed by atoms with E-state index >= 15 is 0 Å². The first-order valence-corrected chi connectivity index (χ1v) is 9.65. The van der Waals surface area contributed by atoms with Crippen molar-refractivity contribution in [3.05, 3.63) is 96.1 Å². The van der Waals surface area contributed by atoms with Crippen LogP contribution >= 0.6 is 0 Å². The van der Waals surface area contributed by atoms with E-state index in [0.29, 0.717) is 11.3 Å². The summed E-state index contributed by atoms with van der Waals surface area (Å²) in [5, 5.41) is 13.8. The fourth-order valence-electron chi connectivity index (χ4n) is 3.36. The van der Waals surface area contributed by atoms with Crippen LogP contribution in [0.4, 0.5) is 5.69 Å². The van der Waals surface area contributed by atoms with Crippen molar-refractivity contribution in [2.75, 3.05) is 11.9 Å². The highest BCUT2D eigenvalue weighted by molar-refractivity contribution is 5.92. The fourth-order valence-corrected chi connectivity index (χ4v) is 3.36. The lowest BCUT2D eigenvalue weighted by Gasteiger charge is -2.10. The number of carbonyl (C=O) groups is 1. The number of ether oxygens (including phenoxy) is 1. The molecule has 4 aromatic rings. The van der Waals surface area contributed by atoms with E-state index in [4.69, 9.17) is 10.00 Å². The van der Waals surface area contributed by atoms with Crippen molar-refractivity contribution in [2.24, 2.45) is 0 Å². The average molecular weight is 392 g/mol. The number of rotatable bonds is 5. The normalized spacial score (nSPS) is 10.4. The first kappa shape index (κ1) is 19.2. The van der Waals surface area contributed by atoms with Gasteiger partial charge in [-0.3, -0.25) is 4.79 Å². The van der Waals surface area contributed by atoms with Gasteiger partial charge in [0.2, 0.25) is 0 Å². The van der Waals surface area contributed by atoms with Gasteiger partial charge in [-0.2, -0.15) is 5.26 Å². The van der Waals surface area contributed by atoms with Crippen LogP contribution in [0.2, 0.25) is 0 Å². The van der Waals surface area contributed by atoms with E-state index in [1.165, 1.54) is 11.1 Å². The number of hydrogen-bond acceptors (Lipinski definition) is 3. The van der Waals surface area contributed by atoms with E-state index in [9.17, 15) is 4.79 Å². The Bertz CT molecular complexity index is 1250. The number of carbonyl (C=O) groups excluding carboxylic acids is 1. The SMILES string of the molecule is Cc1ccccc1-c1ccc(NC(=O)COc2ccc3ccc(C#N)cc3c2)cc1. The third-order valence-corrected chi connectivity index (χ3v) is 4.94. The average Bonchev–Trinajstić information content (AvgIpc) is 2.78. The summed E-state index contributed by atoms with van der Waals surface area (Å²) >= 11 is 0. The molecule has 0 aromatic heterocycles. The van der Waals surface area contributed by atoms with E-state index < -0.39 is 0 Å². The molecule has 0 radical (unpaired) electrons. The van der Waals surface area contributed by atoms with Gasteiger partial charge in [0, 0.05) is 5.69 Å². The van der Waals surface area contributed by atoms with Crippen LogP contribution in [0, 0.1) is 18.3 Å². The number of nitrogens with zero attached hydrogens (tertiary/aromatic N) is 1. The number of anilines is 1. The van der Waals surface area contributed by atoms with Crippen molar-refractivity contribution < 1.29 is 9.53 Å². The summed E-state index contributed by atoms with van der Waals surface area (Å²) in [6.07, 6.45) is 0. The summed E-state index contributed by atoms with van der Waals surface area (Å²) in [6.45, 7) is 1.99. The number of hydrogen-bond donors (Lipinski definition) is 1. The number of nitrogens with one attached hydrogen (secondary N) is 1. The summed E-state index contributed by atoms with van der Waals surface area (Å²) in [7, 11) is 0. The van der Waals surface area contributed by atoms with E-state index in [-0.39, 0.29) is 12.5 Å².